The minimum Gasteiger partial charge on any atom is -0.326 e. The molecule has 0 bridgehead atoms. The summed E-state index contributed by atoms with van der Waals surface area (Å²) in [5, 5.41) is 7.81. The molecule has 1 amide bonds. The van der Waals surface area contributed by atoms with Crippen molar-refractivity contribution in [2.75, 3.05) is 18.9 Å². The second-order valence-corrected chi connectivity index (χ2v) is 7.37. The maximum absolute atomic E-state index is 12.4. The Hall–Kier alpha value is -3.70. The summed E-state index contributed by atoms with van der Waals surface area (Å²) in [6.07, 6.45) is 2.07. The summed E-state index contributed by atoms with van der Waals surface area (Å²) >= 11 is 0. The number of hydrogen-bond acceptors (Lipinski definition) is 2. The van der Waals surface area contributed by atoms with Gasteiger partial charge < -0.3 is 10.2 Å². The third-order valence-electron chi connectivity index (χ3n) is 4.87. The normalized spacial score (nSPS) is 11.8. The lowest BCUT2D eigenvalue weighted by molar-refractivity contribution is -0.885. The van der Waals surface area contributed by atoms with Gasteiger partial charge in [0.05, 0.1) is 18.3 Å². The third kappa shape index (κ3) is 4.82. The van der Waals surface area contributed by atoms with Gasteiger partial charge in [-0.05, 0) is 24.3 Å². The van der Waals surface area contributed by atoms with E-state index in [-0.39, 0.29) is 5.91 Å². The van der Waals surface area contributed by atoms with Crippen LogP contribution in [0.25, 0.3) is 16.9 Å². The Morgan fingerprint density at radius 3 is 2.17 bits per heavy atom. The van der Waals surface area contributed by atoms with Gasteiger partial charge in [0, 0.05) is 17.4 Å². The van der Waals surface area contributed by atoms with Crippen LogP contribution in [0, 0.1) is 0 Å². The molecule has 4 rings (SSSR count). The van der Waals surface area contributed by atoms with Crippen molar-refractivity contribution in [2.45, 2.75) is 6.54 Å². The number of anilines is 1. The maximum atomic E-state index is 12.4. The molecule has 0 saturated heterocycles. The lowest BCUT2D eigenvalue weighted by Gasteiger charge is -2.14. The van der Waals surface area contributed by atoms with Crippen molar-refractivity contribution < 1.29 is 9.69 Å². The molecule has 2 N–H and O–H groups in total. The van der Waals surface area contributed by atoms with Gasteiger partial charge in [0.25, 0.3) is 5.91 Å². The summed E-state index contributed by atoms with van der Waals surface area (Å²) in [6, 6.07) is 29.8. The van der Waals surface area contributed by atoms with Crippen molar-refractivity contribution >= 4 is 11.6 Å². The van der Waals surface area contributed by atoms with Gasteiger partial charge in [0.15, 0.2) is 6.54 Å². The predicted octanol–water partition coefficient (Wildman–Crippen LogP) is 3.19. The van der Waals surface area contributed by atoms with Gasteiger partial charge in [-0.1, -0.05) is 66.7 Å². The standard InChI is InChI=1S/C25H24N4O/c1-28(19-24(30)26-22-13-7-3-8-14-22)17-21-18-29(23-15-9-4-10-16-23)27-25(21)20-11-5-2-6-12-20/h2-16,18H,17,19H2,1H3,(H,26,30)/p+1. The Kier molecular flexibility index (Phi) is 6.01. The monoisotopic (exact) mass is 397 g/mol. The average molecular weight is 398 g/mol. The summed E-state index contributed by atoms with van der Waals surface area (Å²) in [5.41, 5.74) is 4.96. The largest absolute Gasteiger partial charge is 0.326 e. The molecular weight excluding hydrogens is 372 g/mol. The van der Waals surface area contributed by atoms with E-state index in [4.69, 9.17) is 5.10 Å². The van der Waals surface area contributed by atoms with E-state index in [0.29, 0.717) is 13.1 Å². The molecule has 5 heteroatoms. The van der Waals surface area contributed by atoms with E-state index < -0.39 is 0 Å². The van der Waals surface area contributed by atoms with Crippen LogP contribution in [0.1, 0.15) is 5.56 Å². The molecule has 0 aliphatic heterocycles. The number of nitrogens with one attached hydrogen (secondary N) is 2. The van der Waals surface area contributed by atoms with Gasteiger partial charge in [-0.2, -0.15) is 5.10 Å². The van der Waals surface area contributed by atoms with Gasteiger partial charge in [-0.25, -0.2) is 4.68 Å². The zero-order valence-corrected chi connectivity index (χ0v) is 17.0. The first-order valence-electron chi connectivity index (χ1n) is 10.0. The van der Waals surface area contributed by atoms with Crippen molar-refractivity contribution in [3.05, 3.63) is 103 Å². The molecule has 1 aromatic heterocycles. The lowest BCUT2D eigenvalue weighted by Crippen LogP contribution is -3.08. The number of aromatic nitrogens is 2. The van der Waals surface area contributed by atoms with E-state index in [1.807, 2.05) is 90.6 Å². The maximum Gasteiger partial charge on any atom is 0.279 e. The van der Waals surface area contributed by atoms with Crippen LogP contribution in [-0.4, -0.2) is 29.3 Å². The van der Waals surface area contributed by atoms with E-state index in [9.17, 15) is 4.79 Å². The molecule has 150 valence electrons. The van der Waals surface area contributed by atoms with Crippen LogP contribution < -0.4 is 10.2 Å². The van der Waals surface area contributed by atoms with Crippen LogP contribution >= 0.6 is 0 Å². The van der Waals surface area contributed by atoms with Gasteiger partial charge in [0.2, 0.25) is 0 Å². The average Bonchev–Trinajstić information content (AvgIpc) is 3.19. The van der Waals surface area contributed by atoms with Crippen LogP contribution in [0.4, 0.5) is 5.69 Å². The van der Waals surface area contributed by atoms with Gasteiger partial charge in [-0.15, -0.1) is 0 Å². The van der Waals surface area contributed by atoms with Crippen LogP contribution in [0.3, 0.4) is 0 Å². The summed E-state index contributed by atoms with van der Waals surface area (Å²) in [4.78, 5) is 13.5. The predicted molar refractivity (Wildman–Crippen MR) is 120 cm³/mol. The number of nitrogens with zero attached hydrogens (tertiary/aromatic N) is 2. The minimum atomic E-state index is -0.00425. The zero-order chi connectivity index (χ0) is 20.8. The van der Waals surface area contributed by atoms with Crippen molar-refractivity contribution in [1.82, 2.24) is 9.78 Å². The fraction of sp³-hybridized carbons (Fsp3) is 0.120. The van der Waals surface area contributed by atoms with Crippen LogP contribution in [-0.2, 0) is 11.3 Å². The highest BCUT2D eigenvalue weighted by Gasteiger charge is 2.18. The number of benzene rings is 3. The summed E-state index contributed by atoms with van der Waals surface area (Å²) in [6.45, 7) is 1.07. The SMILES string of the molecule is C[NH+](CC(=O)Nc1ccccc1)Cc1cn(-c2ccccc2)nc1-c1ccccc1. The minimum absolute atomic E-state index is 0.00425. The van der Waals surface area contributed by atoms with Crippen LogP contribution in [0.5, 0.6) is 0 Å². The number of quaternary nitrogens is 1. The first-order chi connectivity index (χ1) is 14.7. The Bertz CT molecular complexity index is 1090. The Morgan fingerprint density at radius 1 is 0.900 bits per heavy atom. The molecule has 1 atom stereocenters. The van der Waals surface area contributed by atoms with Crippen molar-refractivity contribution in [2.24, 2.45) is 0 Å². The van der Waals surface area contributed by atoms with Gasteiger partial charge in [0.1, 0.15) is 12.2 Å². The fourth-order valence-corrected chi connectivity index (χ4v) is 3.48. The highest BCUT2D eigenvalue weighted by Crippen LogP contribution is 2.23. The Morgan fingerprint density at radius 2 is 1.50 bits per heavy atom. The molecule has 0 saturated carbocycles. The summed E-state index contributed by atoms with van der Waals surface area (Å²) < 4.78 is 1.91. The quantitative estimate of drug-likeness (QED) is 0.503. The molecule has 3 aromatic carbocycles. The number of carbonyl (C=O) groups is 1. The second kappa shape index (κ2) is 9.20. The molecule has 5 nitrogen and oxygen atoms in total. The smallest absolute Gasteiger partial charge is 0.279 e. The first kappa shape index (κ1) is 19.6. The van der Waals surface area contributed by atoms with E-state index in [0.717, 1.165) is 33.1 Å². The Balaban J connectivity index is 1.53. The second-order valence-electron chi connectivity index (χ2n) is 7.37. The zero-order valence-electron chi connectivity index (χ0n) is 17.0. The Labute approximate surface area is 176 Å². The van der Waals surface area contributed by atoms with Crippen LogP contribution in [0.2, 0.25) is 0 Å². The van der Waals surface area contributed by atoms with E-state index >= 15 is 0 Å². The number of hydrogen-bond donors (Lipinski definition) is 2. The number of rotatable bonds is 7. The fourth-order valence-electron chi connectivity index (χ4n) is 3.48. The van der Waals surface area contributed by atoms with E-state index in [2.05, 4.69) is 23.6 Å². The first-order valence-corrected chi connectivity index (χ1v) is 10.0. The van der Waals surface area contributed by atoms with Crippen molar-refractivity contribution in [1.29, 1.82) is 0 Å². The number of para-hydroxylation sites is 2. The highest BCUT2D eigenvalue weighted by molar-refractivity contribution is 5.91. The van der Waals surface area contributed by atoms with E-state index in [1.165, 1.54) is 0 Å². The van der Waals surface area contributed by atoms with Crippen molar-refractivity contribution in [3.8, 4) is 16.9 Å². The number of likely N-dealkylation sites (N-methyl/N-ethyl adjacent to an activating group) is 1. The molecular formula is C25H25N4O+. The van der Waals surface area contributed by atoms with Crippen LogP contribution in [0.15, 0.2) is 97.2 Å². The van der Waals surface area contributed by atoms with Gasteiger partial charge in [-0.3, -0.25) is 4.79 Å². The molecule has 0 aliphatic carbocycles. The summed E-state index contributed by atoms with van der Waals surface area (Å²) in [7, 11) is 2.03. The van der Waals surface area contributed by atoms with Crippen molar-refractivity contribution in [3.63, 3.8) is 0 Å². The molecule has 0 fully saturated rings. The molecule has 0 aliphatic rings. The van der Waals surface area contributed by atoms with Gasteiger partial charge >= 0.3 is 0 Å². The topological polar surface area (TPSA) is 51.4 Å². The third-order valence-corrected chi connectivity index (χ3v) is 4.87. The molecule has 0 radical (unpaired) electrons. The molecule has 0 spiro atoms. The highest BCUT2D eigenvalue weighted by atomic mass is 16.2. The lowest BCUT2D eigenvalue weighted by atomic mass is 10.1. The summed E-state index contributed by atoms with van der Waals surface area (Å²) in [5.74, 6) is -0.00425. The molecule has 30 heavy (non-hydrogen) atoms. The number of carbonyl (C=O) groups excluding carboxylic acids is 1. The molecule has 4 aromatic rings. The molecule has 1 unspecified atom stereocenters. The molecule has 1 heterocycles. The number of amides is 1. The van der Waals surface area contributed by atoms with E-state index in [1.54, 1.807) is 0 Å².